The van der Waals surface area contributed by atoms with Crippen LogP contribution in [0.15, 0.2) is 12.4 Å². The summed E-state index contributed by atoms with van der Waals surface area (Å²) in [5, 5.41) is 3.16. The topological polar surface area (TPSA) is 50.2 Å². The Morgan fingerprint density at radius 3 is 2.58 bits per heavy atom. The summed E-state index contributed by atoms with van der Waals surface area (Å²) in [7, 11) is 0. The average Bonchev–Trinajstić information content (AvgIpc) is 3.01. The number of carbonyl (C=O) groups excluding carboxylic acids is 1. The first-order valence-electron chi connectivity index (χ1n) is 9.67. The number of piperidine rings is 1. The maximum atomic E-state index is 12.2. The normalized spacial score (nSPS) is 21.0. The molecule has 1 amide bonds. The number of aryl methyl sites for hydroxylation is 1. The van der Waals surface area contributed by atoms with Gasteiger partial charge in [0.05, 0.1) is 6.54 Å². The summed E-state index contributed by atoms with van der Waals surface area (Å²) < 4.78 is 2.25. The van der Waals surface area contributed by atoms with Crippen molar-refractivity contribution >= 4 is 5.91 Å². The molecule has 1 N–H and O–H groups in total. The molecule has 1 aliphatic heterocycles. The summed E-state index contributed by atoms with van der Waals surface area (Å²) in [6.45, 7) is 6.66. The molecule has 0 bridgehead atoms. The third kappa shape index (κ3) is 5.07. The Hall–Kier alpha value is -1.36. The predicted octanol–water partition coefficient (Wildman–Crippen LogP) is 2.60. The minimum Gasteiger partial charge on any atom is -0.355 e. The lowest BCUT2D eigenvalue weighted by Gasteiger charge is -2.32. The summed E-state index contributed by atoms with van der Waals surface area (Å²) >= 11 is 0. The Morgan fingerprint density at radius 2 is 1.92 bits per heavy atom. The first-order chi connectivity index (χ1) is 11.7. The van der Waals surface area contributed by atoms with Gasteiger partial charge in [0.2, 0.25) is 5.91 Å². The van der Waals surface area contributed by atoms with Gasteiger partial charge in [-0.25, -0.2) is 4.98 Å². The van der Waals surface area contributed by atoms with Crippen molar-refractivity contribution in [2.75, 3.05) is 26.2 Å². The highest BCUT2D eigenvalue weighted by atomic mass is 16.2. The van der Waals surface area contributed by atoms with Gasteiger partial charge in [-0.2, -0.15) is 0 Å². The predicted molar refractivity (Wildman–Crippen MR) is 95.7 cm³/mol. The van der Waals surface area contributed by atoms with Crippen molar-refractivity contribution in [1.82, 2.24) is 19.8 Å². The SMILES string of the molecule is Cc1nccn1CC1CCN(CC(=O)NCC2CCCCC2)CC1. The second-order valence-corrected chi connectivity index (χ2v) is 7.65. The van der Waals surface area contributed by atoms with Crippen LogP contribution in [0.25, 0.3) is 0 Å². The van der Waals surface area contributed by atoms with Crippen LogP contribution >= 0.6 is 0 Å². The number of hydrogen-bond acceptors (Lipinski definition) is 3. The standard InChI is InChI=1S/C19H32N4O/c1-16-20-9-12-23(16)14-18-7-10-22(11-8-18)15-19(24)21-13-17-5-3-2-4-6-17/h9,12,17-18H,2-8,10-11,13-15H2,1H3,(H,21,24). The number of rotatable bonds is 6. The fraction of sp³-hybridized carbons (Fsp3) is 0.789. The third-order valence-corrected chi connectivity index (χ3v) is 5.77. The molecular formula is C19H32N4O. The lowest BCUT2D eigenvalue weighted by atomic mass is 9.89. The molecule has 1 aromatic heterocycles. The van der Waals surface area contributed by atoms with E-state index in [9.17, 15) is 4.79 Å². The summed E-state index contributed by atoms with van der Waals surface area (Å²) in [6, 6.07) is 0. The highest BCUT2D eigenvalue weighted by Gasteiger charge is 2.22. The molecule has 1 saturated heterocycles. The molecule has 0 atom stereocenters. The third-order valence-electron chi connectivity index (χ3n) is 5.77. The second kappa shape index (κ2) is 8.65. The van der Waals surface area contributed by atoms with Crippen molar-refractivity contribution in [1.29, 1.82) is 0 Å². The van der Waals surface area contributed by atoms with E-state index >= 15 is 0 Å². The van der Waals surface area contributed by atoms with Gasteiger partial charge >= 0.3 is 0 Å². The number of hydrogen-bond donors (Lipinski definition) is 1. The fourth-order valence-corrected chi connectivity index (χ4v) is 4.11. The zero-order valence-electron chi connectivity index (χ0n) is 15.0. The first kappa shape index (κ1) is 17.5. The van der Waals surface area contributed by atoms with E-state index in [0.29, 0.717) is 18.4 Å². The molecule has 0 aromatic carbocycles. The minimum atomic E-state index is 0.212. The maximum Gasteiger partial charge on any atom is 0.234 e. The molecule has 5 heteroatoms. The number of carbonyl (C=O) groups is 1. The zero-order chi connectivity index (χ0) is 16.8. The molecule has 1 saturated carbocycles. The molecule has 0 spiro atoms. The van der Waals surface area contributed by atoms with Gasteiger partial charge in [-0.15, -0.1) is 0 Å². The Bertz CT molecular complexity index is 513. The molecule has 134 valence electrons. The Balaban J connectivity index is 1.32. The zero-order valence-corrected chi connectivity index (χ0v) is 15.0. The smallest absolute Gasteiger partial charge is 0.234 e. The molecule has 5 nitrogen and oxygen atoms in total. The molecule has 0 unspecified atom stereocenters. The van der Waals surface area contributed by atoms with Crippen LogP contribution in [0.1, 0.15) is 50.8 Å². The summed E-state index contributed by atoms with van der Waals surface area (Å²) in [6.07, 6.45) is 12.9. The van der Waals surface area contributed by atoms with Crippen LogP contribution in [-0.4, -0.2) is 46.5 Å². The number of imidazole rings is 1. The van der Waals surface area contributed by atoms with E-state index in [4.69, 9.17) is 0 Å². The first-order valence-corrected chi connectivity index (χ1v) is 9.67. The van der Waals surface area contributed by atoms with Crippen LogP contribution in [0.5, 0.6) is 0 Å². The van der Waals surface area contributed by atoms with Gasteiger partial charge in [0, 0.05) is 25.5 Å². The van der Waals surface area contributed by atoms with Crippen molar-refractivity contribution in [2.45, 2.75) is 58.4 Å². The van der Waals surface area contributed by atoms with Crippen molar-refractivity contribution < 1.29 is 4.79 Å². The number of nitrogens with zero attached hydrogens (tertiary/aromatic N) is 3. The van der Waals surface area contributed by atoms with E-state index in [-0.39, 0.29) is 5.91 Å². The lowest BCUT2D eigenvalue weighted by molar-refractivity contribution is -0.122. The van der Waals surface area contributed by atoms with Gasteiger partial charge in [-0.3, -0.25) is 9.69 Å². The fourth-order valence-electron chi connectivity index (χ4n) is 4.11. The summed E-state index contributed by atoms with van der Waals surface area (Å²) in [5.74, 6) is 2.73. The van der Waals surface area contributed by atoms with Crippen molar-refractivity contribution in [2.24, 2.45) is 11.8 Å². The van der Waals surface area contributed by atoms with Crippen LogP contribution in [-0.2, 0) is 11.3 Å². The van der Waals surface area contributed by atoms with Crippen molar-refractivity contribution in [3.05, 3.63) is 18.2 Å². The number of amides is 1. The lowest BCUT2D eigenvalue weighted by Crippen LogP contribution is -2.43. The molecule has 2 heterocycles. The molecule has 0 radical (unpaired) electrons. The van der Waals surface area contributed by atoms with Gasteiger partial charge in [-0.1, -0.05) is 19.3 Å². The molecular weight excluding hydrogens is 300 g/mol. The maximum absolute atomic E-state index is 12.2. The van der Waals surface area contributed by atoms with Gasteiger partial charge in [0.1, 0.15) is 5.82 Å². The van der Waals surface area contributed by atoms with E-state index in [1.165, 1.54) is 44.9 Å². The van der Waals surface area contributed by atoms with E-state index in [1.807, 2.05) is 6.20 Å². The average molecular weight is 332 g/mol. The number of likely N-dealkylation sites (tertiary alicyclic amines) is 1. The van der Waals surface area contributed by atoms with E-state index < -0.39 is 0 Å². The largest absolute Gasteiger partial charge is 0.355 e. The minimum absolute atomic E-state index is 0.212. The molecule has 1 aliphatic carbocycles. The van der Waals surface area contributed by atoms with Crippen molar-refractivity contribution in [3.8, 4) is 0 Å². The molecule has 24 heavy (non-hydrogen) atoms. The second-order valence-electron chi connectivity index (χ2n) is 7.65. The molecule has 3 rings (SSSR count). The van der Waals surface area contributed by atoms with E-state index in [2.05, 4.69) is 32.9 Å². The number of aromatic nitrogens is 2. The molecule has 2 aliphatic rings. The van der Waals surface area contributed by atoms with E-state index in [0.717, 1.165) is 32.0 Å². The quantitative estimate of drug-likeness (QED) is 0.871. The molecule has 2 fully saturated rings. The van der Waals surface area contributed by atoms with Crippen molar-refractivity contribution in [3.63, 3.8) is 0 Å². The monoisotopic (exact) mass is 332 g/mol. The molecule has 1 aromatic rings. The van der Waals surface area contributed by atoms with Crippen LogP contribution in [0, 0.1) is 18.8 Å². The van der Waals surface area contributed by atoms with Crippen LogP contribution in [0.2, 0.25) is 0 Å². The van der Waals surface area contributed by atoms with Crippen LogP contribution < -0.4 is 5.32 Å². The van der Waals surface area contributed by atoms with Gasteiger partial charge in [0.25, 0.3) is 0 Å². The van der Waals surface area contributed by atoms with Crippen LogP contribution in [0.3, 0.4) is 0 Å². The highest BCUT2D eigenvalue weighted by molar-refractivity contribution is 5.78. The van der Waals surface area contributed by atoms with Gasteiger partial charge in [0.15, 0.2) is 0 Å². The number of nitrogens with one attached hydrogen (secondary N) is 1. The van der Waals surface area contributed by atoms with Crippen LogP contribution in [0.4, 0.5) is 0 Å². The summed E-state index contributed by atoms with van der Waals surface area (Å²) in [5.41, 5.74) is 0. The Kier molecular flexibility index (Phi) is 6.30. The van der Waals surface area contributed by atoms with Gasteiger partial charge < -0.3 is 9.88 Å². The Morgan fingerprint density at radius 1 is 1.17 bits per heavy atom. The summed E-state index contributed by atoms with van der Waals surface area (Å²) in [4.78, 5) is 18.8. The highest BCUT2D eigenvalue weighted by Crippen LogP contribution is 2.23. The van der Waals surface area contributed by atoms with Gasteiger partial charge in [-0.05, 0) is 57.5 Å². The Labute approximate surface area is 145 Å². The van der Waals surface area contributed by atoms with E-state index in [1.54, 1.807) is 0 Å².